The van der Waals surface area contributed by atoms with Crippen molar-refractivity contribution in [1.82, 2.24) is 9.55 Å². The zero-order valence-electron chi connectivity index (χ0n) is 10.5. The van der Waals surface area contributed by atoms with Crippen LogP contribution in [0.15, 0.2) is 15.3 Å². The summed E-state index contributed by atoms with van der Waals surface area (Å²) in [4.78, 5) is 16.5. The first kappa shape index (κ1) is 12.9. The molecule has 0 N–H and O–H groups in total. The van der Waals surface area contributed by atoms with Crippen molar-refractivity contribution in [1.29, 1.82) is 0 Å². The van der Waals surface area contributed by atoms with Gasteiger partial charge in [0.1, 0.15) is 5.15 Å². The van der Waals surface area contributed by atoms with Gasteiger partial charge in [-0.25, -0.2) is 4.98 Å². The lowest BCUT2D eigenvalue weighted by atomic mass is 10.1. The topological polar surface area (TPSA) is 44.1 Å². The number of ether oxygens (including phenoxy) is 1. The van der Waals surface area contributed by atoms with Gasteiger partial charge in [-0.05, 0) is 41.8 Å². The number of rotatable bonds is 0. The monoisotopic (exact) mass is 342 g/mol. The number of hydrogen-bond donors (Lipinski definition) is 0. The SMILES string of the molecule is C[C@H]1CCc2nc(Cl)c3cc(Br)c(=O)n(C)c3c2O1. The smallest absolute Gasteiger partial charge is 0.265 e. The number of hydrogen-bond acceptors (Lipinski definition) is 3. The van der Waals surface area contributed by atoms with E-state index in [-0.39, 0.29) is 11.7 Å². The Bertz CT molecular complexity index is 742. The second-order valence-corrected chi connectivity index (χ2v) is 5.98. The van der Waals surface area contributed by atoms with E-state index in [0.29, 0.717) is 15.4 Å². The summed E-state index contributed by atoms with van der Waals surface area (Å²) in [6, 6.07) is 1.70. The molecule has 0 aliphatic carbocycles. The van der Waals surface area contributed by atoms with Crippen LogP contribution in [0.5, 0.6) is 5.75 Å². The Kier molecular flexibility index (Phi) is 3.06. The van der Waals surface area contributed by atoms with Gasteiger partial charge in [-0.3, -0.25) is 4.79 Å². The molecule has 0 saturated carbocycles. The Labute approximate surface area is 123 Å². The van der Waals surface area contributed by atoms with E-state index in [2.05, 4.69) is 20.9 Å². The highest BCUT2D eigenvalue weighted by molar-refractivity contribution is 9.10. The fourth-order valence-electron chi connectivity index (χ4n) is 2.39. The van der Waals surface area contributed by atoms with Gasteiger partial charge in [0.2, 0.25) is 0 Å². The van der Waals surface area contributed by atoms with Gasteiger partial charge < -0.3 is 9.30 Å². The number of halogens is 2. The normalized spacial score (nSPS) is 18.2. The van der Waals surface area contributed by atoms with E-state index in [1.807, 2.05) is 6.92 Å². The van der Waals surface area contributed by atoms with Crippen LogP contribution in [0.2, 0.25) is 5.15 Å². The highest BCUT2D eigenvalue weighted by atomic mass is 79.9. The van der Waals surface area contributed by atoms with Gasteiger partial charge in [0.05, 0.1) is 21.8 Å². The van der Waals surface area contributed by atoms with E-state index >= 15 is 0 Å². The first-order valence-electron chi connectivity index (χ1n) is 6.03. The maximum Gasteiger partial charge on any atom is 0.265 e. The summed E-state index contributed by atoms with van der Waals surface area (Å²) in [6.45, 7) is 2.01. The van der Waals surface area contributed by atoms with Crippen LogP contribution in [-0.4, -0.2) is 15.7 Å². The standard InChI is InChI=1S/C13H12BrClN2O2/c1-6-3-4-9-11(19-6)10-7(12(15)16-9)5-8(14)13(18)17(10)2/h5-6H,3-4H2,1-2H3/t6-/m0/s1. The van der Waals surface area contributed by atoms with Crippen LogP contribution < -0.4 is 10.3 Å². The third kappa shape index (κ3) is 1.96. The van der Waals surface area contributed by atoms with Crippen LogP contribution in [0, 0.1) is 0 Å². The highest BCUT2D eigenvalue weighted by Crippen LogP contribution is 2.36. The summed E-state index contributed by atoms with van der Waals surface area (Å²) < 4.78 is 7.91. The predicted octanol–water partition coefficient (Wildman–Crippen LogP) is 3.06. The molecule has 1 aliphatic heterocycles. The van der Waals surface area contributed by atoms with Crippen molar-refractivity contribution in [2.24, 2.45) is 7.05 Å². The van der Waals surface area contributed by atoms with E-state index in [9.17, 15) is 4.79 Å². The molecule has 1 atom stereocenters. The van der Waals surface area contributed by atoms with Crippen LogP contribution >= 0.6 is 27.5 Å². The fraction of sp³-hybridized carbons (Fsp3) is 0.385. The summed E-state index contributed by atoms with van der Waals surface area (Å²) in [5.74, 6) is 0.685. The summed E-state index contributed by atoms with van der Waals surface area (Å²) in [6.07, 6.45) is 1.85. The van der Waals surface area contributed by atoms with Gasteiger partial charge in [-0.15, -0.1) is 0 Å². The van der Waals surface area contributed by atoms with Crippen LogP contribution in [-0.2, 0) is 13.5 Å². The molecule has 0 amide bonds. The number of aryl methyl sites for hydroxylation is 2. The molecule has 100 valence electrons. The lowest BCUT2D eigenvalue weighted by Crippen LogP contribution is -2.24. The maximum absolute atomic E-state index is 12.1. The average Bonchev–Trinajstić information content (AvgIpc) is 2.37. The number of pyridine rings is 2. The molecule has 2 aromatic rings. The van der Waals surface area contributed by atoms with E-state index in [0.717, 1.165) is 29.4 Å². The zero-order valence-corrected chi connectivity index (χ0v) is 12.9. The van der Waals surface area contributed by atoms with Crippen molar-refractivity contribution in [2.75, 3.05) is 0 Å². The second-order valence-electron chi connectivity index (χ2n) is 4.76. The van der Waals surface area contributed by atoms with Crippen LogP contribution in [0.1, 0.15) is 19.0 Å². The summed E-state index contributed by atoms with van der Waals surface area (Å²) >= 11 is 9.47. The molecule has 19 heavy (non-hydrogen) atoms. The minimum atomic E-state index is -0.112. The third-order valence-electron chi connectivity index (χ3n) is 3.41. The molecule has 4 nitrogen and oxygen atoms in total. The molecule has 0 radical (unpaired) electrons. The Morgan fingerprint density at radius 3 is 3.05 bits per heavy atom. The van der Waals surface area contributed by atoms with Crippen LogP contribution in [0.25, 0.3) is 10.9 Å². The van der Waals surface area contributed by atoms with Gasteiger partial charge in [-0.1, -0.05) is 11.6 Å². The molecule has 6 heteroatoms. The minimum absolute atomic E-state index is 0.112. The number of nitrogens with zero attached hydrogens (tertiary/aromatic N) is 2. The van der Waals surface area contributed by atoms with Gasteiger partial charge in [0.25, 0.3) is 5.56 Å². The van der Waals surface area contributed by atoms with Crippen LogP contribution in [0.3, 0.4) is 0 Å². The average molecular weight is 344 g/mol. The van der Waals surface area contributed by atoms with Gasteiger partial charge in [-0.2, -0.15) is 0 Å². The molecular weight excluding hydrogens is 332 g/mol. The fourth-order valence-corrected chi connectivity index (χ4v) is 3.13. The van der Waals surface area contributed by atoms with Crippen molar-refractivity contribution >= 4 is 38.4 Å². The molecule has 0 spiro atoms. The Morgan fingerprint density at radius 1 is 1.58 bits per heavy atom. The molecular formula is C13H12BrClN2O2. The van der Waals surface area contributed by atoms with E-state index in [1.54, 1.807) is 17.7 Å². The van der Waals surface area contributed by atoms with Crippen molar-refractivity contribution in [3.63, 3.8) is 0 Å². The minimum Gasteiger partial charge on any atom is -0.487 e. The second kappa shape index (κ2) is 4.49. The molecule has 0 unspecified atom stereocenters. The van der Waals surface area contributed by atoms with E-state index < -0.39 is 0 Å². The quantitative estimate of drug-likeness (QED) is 0.691. The van der Waals surface area contributed by atoms with Gasteiger partial charge >= 0.3 is 0 Å². The largest absolute Gasteiger partial charge is 0.487 e. The molecule has 0 saturated heterocycles. The maximum atomic E-state index is 12.1. The van der Waals surface area contributed by atoms with Crippen LogP contribution in [0.4, 0.5) is 0 Å². The zero-order chi connectivity index (χ0) is 13.7. The van der Waals surface area contributed by atoms with Crippen molar-refractivity contribution in [3.8, 4) is 5.75 Å². The Morgan fingerprint density at radius 2 is 2.32 bits per heavy atom. The predicted molar refractivity (Wildman–Crippen MR) is 78.1 cm³/mol. The van der Waals surface area contributed by atoms with E-state index in [1.165, 1.54) is 0 Å². The summed E-state index contributed by atoms with van der Waals surface area (Å²) in [7, 11) is 1.72. The molecule has 0 aromatic carbocycles. The third-order valence-corrected chi connectivity index (χ3v) is 4.27. The molecule has 3 heterocycles. The molecule has 0 fully saturated rings. The van der Waals surface area contributed by atoms with Crippen molar-refractivity contribution < 1.29 is 4.74 Å². The first-order chi connectivity index (χ1) is 8.99. The molecule has 0 bridgehead atoms. The van der Waals surface area contributed by atoms with Gasteiger partial charge in [0, 0.05) is 12.4 Å². The van der Waals surface area contributed by atoms with E-state index in [4.69, 9.17) is 16.3 Å². The lowest BCUT2D eigenvalue weighted by molar-refractivity contribution is 0.192. The molecule has 2 aromatic heterocycles. The first-order valence-corrected chi connectivity index (χ1v) is 7.20. The Balaban J connectivity index is 2.47. The van der Waals surface area contributed by atoms with Crippen molar-refractivity contribution in [3.05, 3.63) is 31.7 Å². The number of aromatic nitrogens is 2. The van der Waals surface area contributed by atoms with Gasteiger partial charge in [0.15, 0.2) is 5.75 Å². The summed E-state index contributed by atoms with van der Waals surface area (Å²) in [5, 5.41) is 1.13. The molecule has 1 aliphatic rings. The Hall–Kier alpha value is -1.07. The highest BCUT2D eigenvalue weighted by Gasteiger charge is 2.24. The number of fused-ring (bicyclic) bond motifs is 3. The van der Waals surface area contributed by atoms with Crippen molar-refractivity contribution in [2.45, 2.75) is 25.9 Å². The molecule has 3 rings (SSSR count). The summed E-state index contributed by atoms with van der Waals surface area (Å²) in [5.41, 5.74) is 1.43. The lowest BCUT2D eigenvalue weighted by Gasteiger charge is -2.25.